The first-order valence-electron chi connectivity index (χ1n) is 3.82. The lowest BCUT2D eigenvalue weighted by Gasteiger charge is -1.86. The molecule has 5 nitrogen and oxygen atoms in total. The van der Waals surface area contributed by atoms with E-state index < -0.39 is 9.05 Å². The topological polar surface area (TPSA) is 73.1 Å². The number of hydrogen-bond donors (Lipinski definition) is 0. The summed E-state index contributed by atoms with van der Waals surface area (Å²) in [7, 11) is 1.50. The van der Waals surface area contributed by atoms with Crippen molar-refractivity contribution in [1.82, 2.24) is 10.2 Å². The fraction of sp³-hybridized carbons (Fsp3) is 0.143. The second-order valence-corrected chi connectivity index (χ2v) is 6.56. The Labute approximate surface area is 94.1 Å². The van der Waals surface area contributed by atoms with Gasteiger partial charge in [0.05, 0.1) is 4.88 Å². The summed E-state index contributed by atoms with van der Waals surface area (Å²) < 4.78 is 27.2. The summed E-state index contributed by atoms with van der Waals surface area (Å²) in [6, 6.07) is 2.98. The molecule has 0 bridgehead atoms. The fourth-order valence-electron chi connectivity index (χ4n) is 0.962. The first kappa shape index (κ1) is 10.6. The van der Waals surface area contributed by atoms with Crippen molar-refractivity contribution in [1.29, 1.82) is 0 Å². The van der Waals surface area contributed by atoms with Crippen LogP contribution in [0.5, 0.6) is 0 Å². The van der Waals surface area contributed by atoms with Gasteiger partial charge in [0.2, 0.25) is 5.89 Å². The third-order valence-corrected chi connectivity index (χ3v) is 4.72. The van der Waals surface area contributed by atoms with Crippen LogP contribution < -0.4 is 0 Å². The van der Waals surface area contributed by atoms with Crippen LogP contribution >= 0.6 is 22.0 Å². The van der Waals surface area contributed by atoms with E-state index in [4.69, 9.17) is 15.1 Å². The summed E-state index contributed by atoms with van der Waals surface area (Å²) in [6.07, 6.45) is 0. The van der Waals surface area contributed by atoms with E-state index in [1.54, 1.807) is 13.0 Å². The van der Waals surface area contributed by atoms with Crippen molar-refractivity contribution in [3.63, 3.8) is 0 Å². The third kappa shape index (κ3) is 2.19. The SMILES string of the molecule is Cc1nnc(-c2ccc(S(=O)(=O)Cl)s2)o1. The van der Waals surface area contributed by atoms with Gasteiger partial charge in [-0.25, -0.2) is 8.42 Å². The second-order valence-electron chi connectivity index (χ2n) is 2.68. The zero-order valence-electron chi connectivity index (χ0n) is 7.47. The highest BCUT2D eigenvalue weighted by Gasteiger charge is 2.16. The number of halogens is 1. The van der Waals surface area contributed by atoms with Crippen molar-refractivity contribution in [3.05, 3.63) is 18.0 Å². The van der Waals surface area contributed by atoms with E-state index in [1.165, 1.54) is 6.07 Å². The maximum atomic E-state index is 11.0. The lowest BCUT2D eigenvalue weighted by Crippen LogP contribution is -1.83. The number of thiophene rings is 1. The van der Waals surface area contributed by atoms with Crippen molar-refractivity contribution in [2.75, 3.05) is 0 Å². The first-order chi connectivity index (χ1) is 6.97. The molecule has 0 spiro atoms. The standard InChI is InChI=1S/C7H5ClN2O3S2/c1-4-9-10-7(13-4)5-2-3-6(14-5)15(8,11)12/h2-3H,1H3. The molecule has 0 unspecified atom stereocenters. The normalized spacial score (nSPS) is 11.9. The Balaban J connectivity index is 2.44. The molecule has 80 valence electrons. The Kier molecular flexibility index (Phi) is 2.53. The van der Waals surface area contributed by atoms with E-state index in [1.807, 2.05) is 0 Å². The van der Waals surface area contributed by atoms with E-state index in [2.05, 4.69) is 10.2 Å². The Morgan fingerprint density at radius 3 is 2.60 bits per heavy atom. The summed E-state index contributed by atoms with van der Waals surface area (Å²) in [5.74, 6) is 0.720. The van der Waals surface area contributed by atoms with Crippen LogP contribution in [-0.4, -0.2) is 18.6 Å². The molecule has 8 heteroatoms. The summed E-state index contributed by atoms with van der Waals surface area (Å²) in [4.78, 5) is 0.579. The van der Waals surface area contributed by atoms with Gasteiger partial charge in [-0.15, -0.1) is 21.5 Å². The van der Waals surface area contributed by atoms with Gasteiger partial charge in [-0.1, -0.05) is 0 Å². The predicted molar refractivity (Wildman–Crippen MR) is 55.4 cm³/mol. The minimum absolute atomic E-state index is 0.0648. The zero-order valence-corrected chi connectivity index (χ0v) is 9.86. The smallest absolute Gasteiger partial charge is 0.270 e. The van der Waals surface area contributed by atoms with Crippen LogP contribution in [-0.2, 0) is 9.05 Å². The molecule has 2 heterocycles. The van der Waals surface area contributed by atoms with E-state index in [0.717, 1.165) is 11.3 Å². The van der Waals surface area contributed by atoms with Gasteiger partial charge in [0.25, 0.3) is 14.9 Å². The summed E-state index contributed by atoms with van der Waals surface area (Å²) in [6.45, 7) is 1.66. The molecule has 0 aliphatic carbocycles. The van der Waals surface area contributed by atoms with Crippen molar-refractivity contribution in [3.8, 4) is 10.8 Å². The third-order valence-electron chi connectivity index (χ3n) is 1.56. The van der Waals surface area contributed by atoms with Crippen LogP contribution in [0.1, 0.15) is 5.89 Å². The number of rotatable bonds is 2. The Morgan fingerprint density at radius 1 is 1.40 bits per heavy atom. The number of hydrogen-bond acceptors (Lipinski definition) is 6. The largest absolute Gasteiger partial charge is 0.420 e. The molecule has 0 atom stereocenters. The molecule has 0 saturated carbocycles. The van der Waals surface area contributed by atoms with Gasteiger partial charge in [0.1, 0.15) is 4.21 Å². The van der Waals surface area contributed by atoms with Gasteiger partial charge in [-0.05, 0) is 12.1 Å². The quantitative estimate of drug-likeness (QED) is 0.776. The van der Waals surface area contributed by atoms with Gasteiger partial charge in [0.15, 0.2) is 0 Å². The highest BCUT2D eigenvalue weighted by atomic mass is 35.7. The molecule has 0 aliphatic rings. The van der Waals surface area contributed by atoms with Crippen LogP contribution in [0.15, 0.2) is 20.8 Å². The average molecular weight is 265 g/mol. The fourth-order valence-corrected chi connectivity index (χ4v) is 2.96. The lowest BCUT2D eigenvalue weighted by molar-refractivity contribution is 0.534. The maximum absolute atomic E-state index is 11.0. The predicted octanol–water partition coefficient (Wildman–Crippen LogP) is 2.03. The van der Waals surface area contributed by atoms with Crippen molar-refractivity contribution >= 4 is 31.1 Å². The van der Waals surface area contributed by atoms with E-state index in [9.17, 15) is 8.42 Å². The lowest BCUT2D eigenvalue weighted by atomic mass is 10.5. The molecule has 0 aliphatic heterocycles. The summed E-state index contributed by atoms with van der Waals surface area (Å²) in [5, 5.41) is 7.41. The molecule has 2 aromatic rings. The molecule has 0 N–H and O–H groups in total. The Hall–Kier alpha value is -0.920. The molecule has 2 aromatic heterocycles. The molecule has 2 rings (SSSR count). The summed E-state index contributed by atoms with van der Waals surface area (Å²) >= 11 is 0.990. The number of aromatic nitrogens is 2. The van der Waals surface area contributed by atoms with Crippen LogP contribution in [0.2, 0.25) is 0 Å². The van der Waals surface area contributed by atoms with Crippen LogP contribution in [0, 0.1) is 6.92 Å². The number of aryl methyl sites for hydroxylation is 1. The molecule has 0 fully saturated rings. The Bertz CT molecular complexity index is 587. The Morgan fingerprint density at radius 2 is 2.13 bits per heavy atom. The first-order valence-corrected chi connectivity index (χ1v) is 6.94. The van der Waals surface area contributed by atoms with Gasteiger partial charge in [-0.3, -0.25) is 0 Å². The van der Waals surface area contributed by atoms with Crippen LogP contribution in [0.4, 0.5) is 0 Å². The van der Waals surface area contributed by atoms with Crippen molar-refractivity contribution in [2.24, 2.45) is 0 Å². The second kappa shape index (κ2) is 3.58. The van der Waals surface area contributed by atoms with Crippen molar-refractivity contribution in [2.45, 2.75) is 11.1 Å². The van der Waals surface area contributed by atoms with Crippen LogP contribution in [0.25, 0.3) is 10.8 Å². The monoisotopic (exact) mass is 264 g/mol. The van der Waals surface area contributed by atoms with Crippen molar-refractivity contribution < 1.29 is 12.8 Å². The highest BCUT2D eigenvalue weighted by Crippen LogP contribution is 2.31. The van der Waals surface area contributed by atoms with E-state index in [-0.39, 0.29) is 4.21 Å². The summed E-state index contributed by atoms with van der Waals surface area (Å²) in [5.41, 5.74) is 0. The van der Waals surface area contributed by atoms with Gasteiger partial charge >= 0.3 is 0 Å². The van der Waals surface area contributed by atoms with Gasteiger partial charge < -0.3 is 4.42 Å². The van der Waals surface area contributed by atoms with Gasteiger partial charge in [-0.2, -0.15) is 0 Å². The molecule has 15 heavy (non-hydrogen) atoms. The minimum Gasteiger partial charge on any atom is -0.420 e. The van der Waals surface area contributed by atoms with E-state index >= 15 is 0 Å². The minimum atomic E-state index is -3.68. The molecular formula is C7H5ClN2O3S2. The van der Waals surface area contributed by atoms with Crippen LogP contribution in [0.3, 0.4) is 0 Å². The molecule has 0 aromatic carbocycles. The molecule has 0 saturated heterocycles. The number of nitrogens with zero attached hydrogens (tertiary/aromatic N) is 2. The molecular weight excluding hydrogens is 260 g/mol. The molecule has 0 radical (unpaired) electrons. The zero-order chi connectivity index (χ0) is 11.1. The molecule has 0 amide bonds. The maximum Gasteiger partial charge on any atom is 0.270 e. The highest BCUT2D eigenvalue weighted by molar-refractivity contribution is 8.15. The average Bonchev–Trinajstić information content (AvgIpc) is 2.69. The van der Waals surface area contributed by atoms with Gasteiger partial charge in [0, 0.05) is 17.6 Å². The van der Waals surface area contributed by atoms with E-state index in [0.29, 0.717) is 16.7 Å².